The summed E-state index contributed by atoms with van der Waals surface area (Å²) in [6, 6.07) is 0. The third-order valence-electron chi connectivity index (χ3n) is 1.28. The van der Waals surface area contributed by atoms with Crippen molar-refractivity contribution in [2.75, 3.05) is 6.61 Å². The second-order valence-corrected chi connectivity index (χ2v) is 1.85. The van der Waals surface area contributed by atoms with Gasteiger partial charge >= 0.3 is 5.84 Å². The van der Waals surface area contributed by atoms with Crippen molar-refractivity contribution >= 4 is 5.84 Å². The highest BCUT2D eigenvalue weighted by Crippen LogP contribution is 2.04. The number of fused-ring (bicyclic) bond motifs is 1. The molecule has 2 heterocycles. The van der Waals surface area contributed by atoms with Gasteiger partial charge in [0.05, 0.1) is 6.20 Å². The first-order valence-corrected chi connectivity index (χ1v) is 2.77. The van der Waals surface area contributed by atoms with Crippen LogP contribution in [0, 0.1) is 0 Å². The van der Waals surface area contributed by atoms with Gasteiger partial charge in [0.15, 0.2) is 19.0 Å². The van der Waals surface area contributed by atoms with Crippen molar-refractivity contribution in [3.05, 3.63) is 24.9 Å². The highest BCUT2D eigenvalue weighted by atomic mass is 16.5. The van der Waals surface area contributed by atoms with E-state index < -0.39 is 0 Å². The second kappa shape index (κ2) is 1.70. The number of amidine groups is 1. The molecule has 1 radical (unpaired) electrons. The quantitative estimate of drug-likeness (QED) is 0.430. The van der Waals surface area contributed by atoms with Gasteiger partial charge in [-0.05, 0) is 0 Å². The molecule has 0 aliphatic carbocycles. The Morgan fingerprint density at radius 3 is 3.44 bits per heavy atom. The van der Waals surface area contributed by atoms with Crippen molar-refractivity contribution in [1.29, 1.82) is 0 Å². The molecule has 0 unspecified atom stereocenters. The second-order valence-electron chi connectivity index (χ2n) is 1.85. The molecule has 3 heteroatoms. The highest BCUT2D eigenvalue weighted by Gasteiger charge is 2.25. The highest BCUT2D eigenvalue weighted by molar-refractivity contribution is 5.90. The van der Waals surface area contributed by atoms with Crippen LogP contribution in [0.5, 0.6) is 0 Å². The Balaban J connectivity index is 2.31. The molecular weight excluding hydrogens is 116 g/mol. The van der Waals surface area contributed by atoms with E-state index in [1.54, 1.807) is 12.5 Å². The molecule has 0 spiro atoms. The number of hydrogen-bond donors (Lipinski definition) is 0. The number of rotatable bonds is 0. The van der Waals surface area contributed by atoms with Crippen LogP contribution in [0.2, 0.25) is 0 Å². The summed E-state index contributed by atoms with van der Waals surface area (Å²) in [7, 11) is 0. The van der Waals surface area contributed by atoms with Crippen molar-refractivity contribution in [3.8, 4) is 0 Å². The van der Waals surface area contributed by atoms with E-state index in [4.69, 9.17) is 4.74 Å². The summed E-state index contributed by atoms with van der Waals surface area (Å²) < 4.78 is 4.99. The number of nitrogens with zero attached hydrogens (tertiary/aromatic N) is 2. The van der Waals surface area contributed by atoms with E-state index in [-0.39, 0.29) is 0 Å². The summed E-state index contributed by atoms with van der Waals surface area (Å²) >= 11 is 0. The molecule has 0 aromatic carbocycles. The van der Waals surface area contributed by atoms with Crippen molar-refractivity contribution in [2.24, 2.45) is 4.99 Å². The van der Waals surface area contributed by atoms with Crippen LogP contribution in [-0.4, -0.2) is 12.4 Å². The fraction of sp³-hybridized carbons (Fsp3) is 0.167. The predicted molar refractivity (Wildman–Crippen MR) is 33.8 cm³/mol. The monoisotopic (exact) mass is 122 g/mol. The summed E-state index contributed by atoms with van der Waals surface area (Å²) in [5.74, 6) is 0.956. The summed E-state index contributed by atoms with van der Waals surface area (Å²) in [6.07, 6.45) is 7.16. The SMILES string of the molecule is C1=C[N+]2C=COCC2=N1. The summed E-state index contributed by atoms with van der Waals surface area (Å²) in [5.41, 5.74) is 0. The zero-order chi connectivity index (χ0) is 6.10. The average molecular weight is 122 g/mol. The Kier molecular flexibility index (Phi) is 0.899. The molecule has 9 heavy (non-hydrogen) atoms. The van der Waals surface area contributed by atoms with E-state index in [9.17, 15) is 0 Å². The van der Waals surface area contributed by atoms with Crippen LogP contribution in [0.4, 0.5) is 0 Å². The van der Waals surface area contributed by atoms with Gasteiger partial charge in [0.25, 0.3) is 0 Å². The molecule has 0 fully saturated rings. The molecule has 2 aliphatic rings. The fourth-order valence-corrected chi connectivity index (χ4v) is 0.823. The standard InChI is InChI=1S/C6H6N2O/c1-2-8-3-4-9-5-6(8)7-1/h1-4H,5H2/q+1. The van der Waals surface area contributed by atoms with Crippen LogP contribution in [0.1, 0.15) is 0 Å². The number of hydrogen-bond acceptors (Lipinski definition) is 3. The van der Waals surface area contributed by atoms with E-state index >= 15 is 0 Å². The lowest BCUT2D eigenvalue weighted by molar-refractivity contribution is 0.285. The van der Waals surface area contributed by atoms with Crippen LogP contribution in [0.3, 0.4) is 0 Å². The van der Waals surface area contributed by atoms with Crippen LogP contribution < -0.4 is 4.90 Å². The molecule has 2 rings (SSSR count). The van der Waals surface area contributed by atoms with Gasteiger partial charge in [-0.15, -0.1) is 0 Å². The minimum Gasteiger partial charge on any atom is -0.483 e. The smallest absolute Gasteiger partial charge is 0.300 e. The lowest BCUT2D eigenvalue weighted by Gasteiger charge is -2.04. The number of aliphatic imine (C=N–C) groups is 1. The maximum Gasteiger partial charge on any atom is 0.300 e. The summed E-state index contributed by atoms with van der Waals surface area (Å²) in [5, 5.41) is 0. The molecule has 3 nitrogen and oxygen atoms in total. The largest absolute Gasteiger partial charge is 0.483 e. The number of ether oxygens (including phenoxy) is 1. The average Bonchev–Trinajstić information content (AvgIpc) is 2.33. The molecule has 0 saturated carbocycles. The normalized spacial score (nSPS) is 23.3. The van der Waals surface area contributed by atoms with Gasteiger partial charge in [-0.25, -0.2) is 0 Å². The Bertz CT molecular complexity index is 205. The van der Waals surface area contributed by atoms with Crippen LogP contribution in [-0.2, 0) is 4.74 Å². The third kappa shape index (κ3) is 0.658. The molecule has 0 aromatic heterocycles. The maximum atomic E-state index is 4.99. The minimum atomic E-state index is 0.587. The molecule has 0 saturated heterocycles. The van der Waals surface area contributed by atoms with E-state index in [0.29, 0.717) is 6.61 Å². The van der Waals surface area contributed by atoms with Gasteiger partial charge in [0.2, 0.25) is 0 Å². The molecular formula is C6H6N2O+. The molecule has 45 valence electrons. The molecule has 0 amide bonds. The van der Waals surface area contributed by atoms with Crippen LogP contribution in [0.25, 0.3) is 0 Å². The summed E-state index contributed by atoms with van der Waals surface area (Å²) in [6.45, 7) is 0.587. The lowest BCUT2D eigenvalue weighted by Crippen LogP contribution is -2.29. The van der Waals surface area contributed by atoms with Gasteiger partial charge < -0.3 is 4.74 Å². The first kappa shape index (κ1) is 4.76. The summed E-state index contributed by atoms with van der Waals surface area (Å²) in [4.78, 5) is 5.98. The first-order chi connectivity index (χ1) is 4.47. The van der Waals surface area contributed by atoms with Crippen molar-refractivity contribution in [3.63, 3.8) is 0 Å². The first-order valence-electron chi connectivity index (χ1n) is 2.77. The van der Waals surface area contributed by atoms with Gasteiger partial charge in [-0.1, -0.05) is 4.90 Å². The molecule has 0 bridgehead atoms. The van der Waals surface area contributed by atoms with Crippen LogP contribution in [0.15, 0.2) is 29.9 Å². The van der Waals surface area contributed by atoms with Gasteiger partial charge in [-0.2, -0.15) is 4.99 Å². The topological polar surface area (TPSA) is 27.5 Å². The maximum absolute atomic E-state index is 4.99. The van der Waals surface area contributed by atoms with Gasteiger partial charge in [-0.3, -0.25) is 0 Å². The van der Waals surface area contributed by atoms with Gasteiger partial charge in [0.1, 0.15) is 6.26 Å². The zero-order valence-corrected chi connectivity index (χ0v) is 4.82. The molecule has 2 aliphatic heterocycles. The van der Waals surface area contributed by atoms with E-state index in [0.717, 1.165) is 5.84 Å². The lowest BCUT2D eigenvalue weighted by atomic mass is 10.5. The Hall–Kier alpha value is -1.09. The third-order valence-corrected chi connectivity index (χ3v) is 1.28. The Morgan fingerprint density at radius 1 is 1.56 bits per heavy atom. The molecule has 0 atom stereocenters. The van der Waals surface area contributed by atoms with Gasteiger partial charge in [0, 0.05) is 0 Å². The van der Waals surface area contributed by atoms with Crippen LogP contribution >= 0.6 is 0 Å². The zero-order valence-electron chi connectivity index (χ0n) is 4.82. The van der Waals surface area contributed by atoms with Crippen molar-refractivity contribution in [1.82, 2.24) is 4.90 Å². The predicted octanol–water partition coefficient (Wildman–Crippen LogP) is 0.511. The van der Waals surface area contributed by atoms with E-state index in [1.807, 2.05) is 17.3 Å². The fourth-order valence-electron chi connectivity index (χ4n) is 0.823. The Labute approximate surface area is 52.9 Å². The van der Waals surface area contributed by atoms with Crippen molar-refractivity contribution < 1.29 is 4.74 Å². The molecule has 0 aromatic rings. The minimum absolute atomic E-state index is 0.587. The molecule has 0 N–H and O–H groups in total. The Morgan fingerprint density at radius 2 is 2.56 bits per heavy atom. The van der Waals surface area contributed by atoms with Crippen molar-refractivity contribution in [2.45, 2.75) is 0 Å². The van der Waals surface area contributed by atoms with E-state index in [2.05, 4.69) is 4.99 Å². The van der Waals surface area contributed by atoms with E-state index in [1.165, 1.54) is 0 Å².